The second-order valence-electron chi connectivity index (χ2n) is 5.65. The summed E-state index contributed by atoms with van der Waals surface area (Å²) in [6.07, 6.45) is 0.219. The SMILES string of the molecule is CCOCC(=O)Nc1ccc(CC(=O)NC(C)(C)CO)cc1. The van der Waals surface area contributed by atoms with Gasteiger partial charge < -0.3 is 20.5 Å². The molecule has 122 valence electrons. The van der Waals surface area contributed by atoms with Crippen molar-refractivity contribution in [2.24, 2.45) is 0 Å². The molecular weight excluding hydrogens is 284 g/mol. The summed E-state index contributed by atoms with van der Waals surface area (Å²) in [6.45, 7) is 5.72. The van der Waals surface area contributed by atoms with Crippen LogP contribution in [-0.2, 0) is 20.7 Å². The molecule has 1 aromatic carbocycles. The lowest BCUT2D eigenvalue weighted by Gasteiger charge is -2.23. The van der Waals surface area contributed by atoms with Crippen LogP contribution in [-0.4, -0.2) is 42.3 Å². The van der Waals surface area contributed by atoms with Crippen LogP contribution < -0.4 is 10.6 Å². The maximum atomic E-state index is 11.9. The zero-order valence-electron chi connectivity index (χ0n) is 13.3. The number of carbonyl (C=O) groups is 2. The molecule has 0 aromatic heterocycles. The molecule has 0 aliphatic rings. The first-order chi connectivity index (χ1) is 10.4. The van der Waals surface area contributed by atoms with Crippen molar-refractivity contribution in [3.8, 4) is 0 Å². The molecule has 2 amide bonds. The molecule has 0 spiro atoms. The number of hydrogen-bond acceptors (Lipinski definition) is 4. The van der Waals surface area contributed by atoms with Crippen molar-refractivity contribution >= 4 is 17.5 Å². The summed E-state index contributed by atoms with van der Waals surface area (Å²) in [7, 11) is 0. The van der Waals surface area contributed by atoms with Gasteiger partial charge in [-0.05, 0) is 38.5 Å². The van der Waals surface area contributed by atoms with Gasteiger partial charge in [-0.25, -0.2) is 0 Å². The maximum absolute atomic E-state index is 11.9. The van der Waals surface area contributed by atoms with Gasteiger partial charge in [-0.2, -0.15) is 0 Å². The molecule has 1 rings (SSSR count). The van der Waals surface area contributed by atoms with Crippen molar-refractivity contribution < 1.29 is 19.4 Å². The Bertz CT molecular complexity index is 497. The van der Waals surface area contributed by atoms with E-state index >= 15 is 0 Å². The van der Waals surface area contributed by atoms with Gasteiger partial charge >= 0.3 is 0 Å². The van der Waals surface area contributed by atoms with Crippen LogP contribution in [0.25, 0.3) is 0 Å². The van der Waals surface area contributed by atoms with Gasteiger partial charge in [0.05, 0.1) is 18.6 Å². The van der Waals surface area contributed by atoms with E-state index in [9.17, 15) is 9.59 Å². The third-order valence-corrected chi connectivity index (χ3v) is 2.91. The Labute approximate surface area is 130 Å². The third kappa shape index (κ3) is 6.69. The molecule has 0 unspecified atom stereocenters. The first-order valence-corrected chi connectivity index (χ1v) is 7.24. The van der Waals surface area contributed by atoms with Crippen LogP contribution in [0.2, 0.25) is 0 Å². The molecule has 0 fully saturated rings. The number of benzene rings is 1. The van der Waals surface area contributed by atoms with E-state index in [0.717, 1.165) is 5.56 Å². The minimum atomic E-state index is -0.635. The predicted octanol–water partition coefficient (Wildman–Crippen LogP) is 1.09. The summed E-state index contributed by atoms with van der Waals surface area (Å²) < 4.78 is 5.02. The summed E-state index contributed by atoms with van der Waals surface area (Å²) in [6, 6.07) is 7.04. The number of hydrogen-bond donors (Lipinski definition) is 3. The highest BCUT2D eigenvalue weighted by Gasteiger charge is 2.18. The first-order valence-electron chi connectivity index (χ1n) is 7.24. The number of nitrogens with one attached hydrogen (secondary N) is 2. The Morgan fingerprint density at radius 3 is 2.36 bits per heavy atom. The third-order valence-electron chi connectivity index (χ3n) is 2.91. The zero-order chi connectivity index (χ0) is 16.6. The van der Waals surface area contributed by atoms with Crippen LogP contribution in [0.3, 0.4) is 0 Å². The molecule has 0 atom stereocenters. The minimum Gasteiger partial charge on any atom is -0.394 e. The van der Waals surface area contributed by atoms with E-state index in [1.165, 1.54) is 0 Å². The fourth-order valence-electron chi connectivity index (χ4n) is 1.74. The van der Waals surface area contributed by atoms with Gasteiger partial charge in [0.1, 0.15) is 6.61 Å². The number of ether oxygens (including phenoxy) is 1. The highest BCUT2D eigenvalue weighted by molar-refractivity contribution is 5.91. The lowest BCUT2D eigenvalue weighted by Crippen LogP contribution is -2.46. The smallest absolute Gasteiger partial charge is 0.250 e. The fourth-order valence-corrected chi connectivity index (χ4v) is 1.74. The van der Waals surface area contributed by atoms with E-state index < -0.39 is 5.54 Å². The van der Waals surface area contributed by atoms with Crippen LogP contribution in [0, 0.1) is 0 Å². The summed E-state index contributed by atoms with van der Waals surface area (Å²) >= 11 is 0. The lowest BCUT2D eigenvalue weighted by atomic mass is 10.1. The Kier molecular flexibility index (Phi) is 7.01. The second-order valence-corrected chi connectivity index (χ2v) is 5.65. The number of rotatable bonds is 8. The lowest BCUT2D eigenvalue weighted by molar-refractivity contribution is -0.122. The molecule has 0 aliphatic heterocycles. The first kappa shape index (κ1) is 18.1. The molecule has 22 heavy (non-hydrogen) atoms. The average Bonchev–Trinajstić information content (AvgIpc) is 2.46. The highest BCUT2D eigenvalue weighted by Crippen LogP contribution is 2.11. The van der Waals surface area contributed by atoms with Gasteiger partial charge in [0, 0.05) is 12.3 Å². The van der Waals surface area contributed by atoms with Crippen LogP contribution in [0.15, 0.2) is 24.3 Å². The molecule has 0 radical (unpaired) electrons. The normalized spacial score (nSPS) is 11.1. The number of anilines is 1. The Hall–Kier alpha value is -1.92. The van der Waals surface area contributed by atoms with Crippen LogP contribution >= 0.6 is 0 Å². The van der Waals surface area contributed by atoms with Gasteiger partial charge in [0.2, 0.25) is 11.8 Å². The summed E-state index contributed by atoms with van der Waals surface area (Å²) in [4.78, 5) is 23.4. The van der Waals surface area contributed by atoms with Gasteiger partial charge in [0.15, 0.2) is 0 Å². The monoisotopic (exact) mass is 308 g/mol. The Morgan fingerprint density at radius 1 is 1.18 bits per heavy atom. The Balaban J connectivity index is 2.51. The minimum absolute atomic E-state index is 0.0247. The Morgan fingerprint density at radius 2 is 1.82 bits per heavy atom. The maximum Gasteiger partial charge on any atom is 0.250 e. The topological polar surface area (TPSA) is 87.7 Å². The van der Waals surface area contributed by atoms with Gasteiger partial charge in [-0.3, -0.25) is 9.59 Å². The van der Waals surface area contributed by atoms with Crippen LogP contribution in [0.4, 0.5) is 5.69 Å². The zero-order valence-corrected chi connectivity index (χ0v) is 13.3. The standard InChI is InChI=1S/C16H24N2O4/c1-4-22-10-15(21)17-13-7-5-12(6-8-13)9-14(20)18-16(2,3)11-19/h5-8,19H,4,9-11H2,1-3H3,(H,17,21)(H,18,20). The van der Waals surface area contributed by atoms with E-state index in [0.29, 0.717) is 12.3 Å². The number of aliphatic hydroxyl groups is 1. The molecule has 3 N–H and O–H groups in total. The van der Waals surface area contributed by atoms with Crippen molar-refractivity contribution in [1.82, 2.24) is 5.32 Å². The summed E-state index contributed by atoms with van der Waals surface area (Å²) in [5, 5.41) is 14.6. The van der Waals surface area contributed by atoms with E-state index in [2.05, 4.69) is 10.6 Å². The van der Waals surface area contributed by atoms with Crippen LogP contribution in [0.1, 0.15) is 26.3 Å². The van der Waals surface area contributed by atoms with Gasteiger partial charge in [-0.1, -0.05) is 12.1 Å². The molecule has 1 aromatic rings. The van der Waals surface area contributed by atoms with Crippen molar-refractivity contribution in [3.63, 3.8) is 0 Å². The van der Waals surface area contributed by atoms with E-state index in [1.54, 1.807) is 38.1 Å². The van der Waals surface area contributed by atoms with E-state index in [4.69, 9.17) is 9.84 Å². The van der Waals surface area contributed by atoms with E-state index in [1.807, 2.05) is 6.92 Å². The van der Waals surface area contributed by atoms with Crippen molar-refractivity contribution in [2.45, 2.75) is 32.7 Å². The molecule has 0 aliphatic carbocycles. The number of carbonyl (C=O) groups excluding carboxylic acids is 2. The number of amides is 2. The fraction of sp³-hybridized carbons (Fsp3) is 0.500. The molecule has 0 saturated heterocycles. The quantitative estimate of drug-likeness (QED) is 0.671. The molecular formula is C16H24N2O4. The summed E-state index contributed by atoms with van der Waals surface area (Å²) in [5.74, 6) is -0.371. The summed E-state index contributed by atoms with van der Waals surface area (Å²) in [5.41, 5.74) is 0.850. The van der Waals surface area contributed by atoms with E-state index in [-0.39, 0.29) is 31.4 Å². The van der Waals surface area contributed by atoms with Crippen molar-refractivity contribution in [2.75, 3.05) is 25.1 Å². The second kappa shape index (κ2) is 8.51. The molecule has 6 nitrogen and oxygen atoms in total. The predicted molar refractivity (Wildman–Crippen MR) is 84.6 cm³/mol. The molecule has 0 bridgehead atoms. The molecule has 0 heterocycles. The van der Waals surface area contributed by atoms with Gasteiger partial charge in [0.25, 0.3) is 0 Å². The molecule has 0 saturated carbocycles. The van der Waals surface area contributed by atoms with Crippen LogP contribution in [0.5, 0.6) is 0 Å². The van der Waals surface area contributed by atoms with Gasteiger partial charge in [-0.15, -0.1) is 0 Å². The van der Waals surface area contributed by atoms with Crippen molar-refractivity contribution in [3.05, 3.63) is 29.8 Å². The highest BCUT2D eigenvalue weighted by atomic mass is 16.5. The largest absolute Gasteiger partial charge is 0.394 e. The average molecular weight is 308 g/mol. The number of aliphatic hydroxyl groups excluding tert-OH is 1. The molecule has 6 heteroatoms. The van der Waals surface area contributed by atoms with Crippen molar-refractivity contribution in [1.29, 1.82) is 0 Å².